The Kier molecular flexibility index (Phi) is 3.76. The fraction of sp³-hybridized carbons (Fsp3) is 0.133. The van der Waals surface area contributed by atoms with Crippen LogP contribution < -0.4 is 5.32 Å². The first kappa shape index (κ1) is 13.4. The molecule has 2 rings (SSSR count). The highest BCUT2D eigenvalue weighted by atomic mass is 35.5. The summed E-state index contributed by atoms with van der Waals surface area (Å²) in [6.07, 6.45) is 0. The van der Waals surface area contributed by atoms with E-state index in [9.17, 15) is 9.90 Å². The average Bonchev–Trinajstić information content (AvgIpc) is 2.38. The van der Waals surface area contributed by atoms with Crippen molar-refractivity contribution >= 4 is 23.2 Å². The average molecular weight is 276 g/mol. The molecule has 3 nitrogen and oxygen atoms in total. The van der Waals surface area contributed by atoms with E-state index >= 15 is 0 Å². The van der Waals surface area contributed by atoms with Gasteiger partial charge in [0.05, 0.1) is 10.6 Å². The van der Waals surface area contributed by atoms with E-state index in [0.717, 1.165) is 5.56 Å². The summed E-state index contributed by atoms with van der Waals surface area (Å²) >= 11 is 6.12. The van der Waals surface area contributed by atoms with E-state index in [1.54, 1.807) is 37.3 Å². The maximum absolute atomic E-state index is 12.2. The number of phenols is 1. The van der Waals surface area contributed by atoms with Gasteiger partial charge in [0.1, 0.15) is 5.75 Å². The Labute approximate surface area is 116 Å². The van der Waals surface area contributed by atoms with Crippen LogP contribution in [0.5, 0.6) is 5.75 Å². The number of benzene rings is 2. The van der Waals surface area contributed by atoms with Crippen molar-refractivity contribution < 1.29 is 9.90 Å². The van der Waals surface area contributed by atoms with Crippen molar-refractivity contribution in [3.8, 4) is 5.75 Å². The summed E-state index contributed by atoms with van der Waals surface area (Å²) in [5.41, 5.74) is 2.47. The van der Waals surface area contributed by atoms with Gasteiger partial charge < -0.3 is 10.4 Å². The number of aromatic hydroxyl groups is 1. The summed E-state index contributed by atoms with van der Waals surface area (Å²) in [5, 5.41) is 12.8. The maximum Gasteiger partial charge on any atom is 0.257 e. The molecule has 0 aliphatic carbocycles. The Bertz CT molecular complexity index is 638. The molecule has 0 bridgehead atoms. The highest BCUT2D eigenvalue weighted by Crippen LogP contribution is 2.26. The third kappa shape index (κ3) is 2.71. The molecule has 2 aromatic rings. The van der Waals surface area contributed by atoms with Crippen LogP contribution in [0.3, 0.4) is 0 Å². The number of phenolic OH excluding ortho intramolecular Hbond substituents is 1. The molecule has 0 atom stereocenters. The third-order valence-corrected chi connectivity index (χ3v) is 3.49. The van der Waals surface area contributed by atoms with Crippen LogP contribution in [0, 0.1) is 13.8 Å². The standard InChI is InChI=1S/C15H14ClNO2/c1-9-5-3-6-11(14(9)16)15(19)17-12-7-4-8-13(18)10(12)2/h3-8,18H,1-2H3,(H,17,19). The molecule has 1 amide bonds. The van der Waals surface area contributed by atoms with Gasteiger partial charge in [-0.1, -0.05) is 29.8 Å². The van der Waals surface area contributed by atoms with Crippen molar-refractivity contribution in [2.24, 2.45) is 0 Å². The second kappa shape index (κ2) is 5.33. The molecule has 0 unspecified atom stereocenters. The number of carbonyl (C=O) groups excluding carboxylic acids is 1. The van der Waals surface area contributed by atoms with Gasteiger partial charge in [0.25, 0.3) is 5.91 Å². The fourth-order valence-electron chi connectivity index (χ4n) is 1.77. The van der Waals surface area contributed by atoms with Gasteiger partial charge in [0.15, 0.2) is 0 Å². The van der Waals surface area contributed by atoms with E-state index in [1.165, 1.54) is 0 Å². The topological polar surface area (TPSA) is 49.3 Å². The van der Waals surface area contributed by atoms with E-state index in [1.807, 2.05) is 13.0 Å². The Morgan fingerprint density at radius 2 is 1.84 bits per heavy atom. The predicted molar refractivity (Wildman–Crippen MR) is 77.0 cm³/mol. The van der Waals surface area contributed by atoms with Gasteiger partial charge >= 0.3 is 0 Å². The second-order valence-electron chi connectivity index (χ2n) is 4.34. The molecule has 0 aliphatic heterocycles. The zero-order valence-corrected chi connectivity index (χ0v) is 11.5. The minimum atomic E-state index is -0.289. The van der Waals surface area contributed by atoms with Crippen LogP contribution in [-0.4, -0.2) is 11.0 Å². The van der Waals surface area contributed by atoms with Crippen molar-refractivity contribution in [3.05, 3.63) is 58.1 Å². The number of nitrogens with one attached hydrogen (secondary N) is 1. The first-order valence-corrected chi connectivity index (χ1v) is 6.23. The molecular formula is C15H14ClNO2. The molecule has 0 aromatic heterocycles. The Hall–Kier alpha value is -2.00. The molecule has 0 spiro atoms. The van der Waals surface area contributed by atoms with Crippen LogP contribution in [0.25, 0.3) is 0 Å². The monoisotopic (exact) mass is 275 g/mol. The molecule has 0 heterocycles. The Balaban J connectivity index is 2.31. The molecule has 4 heteroatoms. The number of anilines is 1. The third-order valence-electron chi connectivity index (χ3n) is 2.99. The van der Waals surface area contributed by atoms with Gasteiger partial charge in [-0.15, -0.1) is 0 Å². The summed E-state index contributed by atoms with van der Waals surface area (Å²) in [4.78, 5) is 12.2. The number of amides is 1. The van der Waals surface area contributed by atoms with Gasteiger partial charge in [-0.25, -0.2) is 0 Å². The van der Waals surface area contributed by atoms with Crippen molar-refractivity contribution in [1.82, 2.24) is 0 Å². The number of aryl methyl sites for hydroxylation is 1. The van der Waals surface area contributed by atoms with E-state index in [4.69, 9.17) is 11.6 Å². The first-order chi connectivity index (χ1) is 9.00. The number of rotatable bonds is 2. The van der Waals surface area contributed by atoms with Crippen LogP contribution in [-0.2, 0) is 0 Å². The zero-order valence-electron chi connectivity index (χ0n) is 10.7. The Morgan fingerprint density at radius 3 is 2.58 bits per heavy atom. The lowest BCUT2D eigenvalue weighted by molar-refractivity contribution is 0.102. The lowest BCUT2D eigenvalue weighted by Gasteiger charge is -2.11. The highest BCUT2D eigenvalue weighted by molar-refractivity contribution is 6.35. The molecule has 2 N–H and O–H groups in total. The fourth-order valence-corrected chi connectivity index (χ4v) is 1.98. The van der Waals surface area contributed by atoms with Gasteiger partial charge in [0, 0.05) is 11.3 Å². The number of carbonyl (C=O) groups is 1. The summed E-state index contributed by atoms with van der Waals surface area (Å²) in [5.74, 6) is -0.143. The summed E-state index contributed by atoms with van der Waals surface area (Å²) in [7, 11) is 0. The molecular weight excluding hydrogens is 262 g/mol. The second-order valence-corrected chi connectivity index (χ2v) is 4.72. The molecule has 2 aromatic carbocycles. The van der Waals surface area contributed by atoms with Gasteiger partial charge in [-0.3, -0.25) is 4.79 Å². The summed E-state index contributed by atoms with van der Waals surface area (Å²) in [6, 6.07) is 10.3. The van der Waals surface area contributed by atoms with Gasteiger partial charge in [-0.2, -0.15) is 0 Å². The normalized spacial score (nSPS) is 10.3. The molecule has 0 saturated heterocycles. The van der Waals surface area contributed by atoms with Gasteiger partial charge in [0.2, 0.25) is 0 Å². The summed E-state index contributed by atoms with van der Waals surface area (Å²) in [6.45, 7) is 3.58. The van der Waals surface area contributed by atoms with E-state index < -0.39 is 0 Å². The molecule has 0 saturated carbocycles. The Morgan fingerprint density at radius 1 is 1.16 bits per heavy atom. The lowest BCUT2D eigenvalue weighted by Crippen LogP contribution is -2.13. The quantitative estimate of drug-likeness (QED) is 0.873. The largest absolute Gasteiger partial charge is 0.508 e. The van der Waals surface area contributed by atoms with Crippen LogP contribution >= 0.6 is 11.6 Å². The number of hydrogen-bond acceptors (Lipinski definition) is 2. The molecule has 98 valence electrons. The van der Waals surface area contributed by atoms with Crippen LogP contribution in [0.15, 0.2) is 36.4 Å². The van der Waals surface area contributed by atoms with Crippen molar-refractivity contribution in [1.29, 1.82) is 0 Å². The predicted octanol–water partition coefficient (Wildman–Crippen LogP) is 3.91. The minimum absolute atomic E-state index is 0.146. The first-order valence-electron chi connectivity index (χ1n) is 5.85. The molecule has 19 heavy (non-hydrogen) atoms. The number of hydrogen-bond donors (Lipinski definition) is 2. The maximum atomic E-state index is 12.2. The van der Waals surface area contributed by atoms with E-state index in [2.05, 4.69) is 5.32 Å². The van der Waals surface area contributed by atoms with E-state index in [0.29, 0.717) is 21.8 Å². The highest BCUT2D eigenvalue weighted by Gasteiger charge is 2.13. The number of halogens is 1. The lowest BCUT2D eigenvalue weighted by atomic mass is 10.1. The van der Waals surface area contributed by atoms with Crippen LogP contribution in [0.2, 0.25) is 5.02 Å². The summed E-state index contributed by atoms with van der Waals surface area (Å²) < 4.78 is 0. The minimum Gasteiger partial charge on any atom is -0.508 e. The van der Waals surface area contributed by atoms with Crippen molar-refractivity contribution in [2.75, 3.05) is 5.32 Å². The smallest absolute Gasteiger partial charge is 0.257 e. The zero-order chi connectivity index (χ0) is 14.0. The van der Waals surface area contributed by atoms with E-state index in [-0.39, 0.29) is 11.7 Å². The van der Waals surface area contributed by atoms with Crippen LogP contribution in [0.4, 0.5) is 5.69 Å². The SMILES string of the molecule is Cc1cccc(C(=O)Nc2cccc(O)c2C)c1Cl. The molecule has 0 aliphatic rings. The van der Waals surface area contributed by atoms with Crippen molar-refractivity contribution in [2.45, 2.75) is 13.8 Å². The van der Waals surface area contributed by atoms with Crippen LogP contribution in [0.1, 0.15) is 21.5 Å². The molecule has 0 fully saturated rings. The van der Waals surface area contributed by atoms with Crippen molar-refractivity contribution in [3.63, 3.8) is 0 Å². The van der Waals surface area contributed by atoms with Gasteiger partial charge in [-0.05, 0) is 37.6 Å². The molecule has 0 radical (unpaired) electrons.